The third kappa shape index (κ3) is 5.38. The summed E-state index contributed by atoms with van der Waals surface area (Å²) in [5.74, 6) is 0.916. The van der Waals surface area contributed by atoms with Gasteiger partial charge in [-0.05, 0) is 52.2 Å². The van der Waals surface area contributed by atoms with Gasteiger partial charge in [-0.2, -0.15) is 4.31 Å². The summed E-state index contributed by atoms with van der Waals surface area (Å²) in [5.41, 5.74) is 0.100. The number of sulfonamides is 1. The summed E-state index contributed by atoms with van der Waals surface area (Å²) in [6.45, 7) is 10.7. The van der Waals surface area contributed by atoms with Crippen molar-refractivity contribution in [3.05, 3.63) is 18.2 Å². The smallest absolute Gasteiger partial charge is 0.243 e. The van der Waals surface area contributed by atoms with Crippen LogP contribution < -0.4 is 9.47 Å². The van der Waals surface area contributed by atoms with Gasteiger partial charge >= 0.3 is 0 Å². The third-order valence-electron chi connectivity index (χ3n) is 6.55. The van der Waals surface area contributed by atoms with Crippen molar-refractivity contribution in [2.24, 2.45) is 5.92 Å². The first kappa shape index (κ1) is 24.8. The Balaban J connectivity index is 1.61. The van der Waals surface area contributed by atoms with Crippen LogP contribution in [-0.4, -0.2) is 87.5 Å². The number of amides is 1. The number of hydrogen-bond acceptors (Lipinski definition) is 6. The molecule has 0 radical (unpaired) electrons. The van der Waals surface area contributed by atoms with Crippen LogP contribution in [0.5, 0.6) is 11.5 Å². The first-order valence-corrected chi connectivity index (χ1v) is 12.8. The van der Waals surface area contributed by atoms with Crippen molar-refractivity contribution in [3.8, 4) is 11.5 Å². The van der Waals surface area contributed by atoms with Gasteiger partial charge in [0.1, 0.15) is 0 Å². The highest BCUT2D eigenvalue weighted by atomic mass is 32.2. The second kappa shape index (κ2) is 9.97. The number of hydrogen-bond donors (Lipinski definition) is 0. The zero-order valence-corrected chi connectivity index (χ0v) is 20.8. The molecule has 2 aliphatic heterocycles. The second-order valence-electron chi connectivity index (χ2n) is 9.53. The van der Waals surface area contributed by atoms with Crippen LogP contribution in [0.2, 0.25) is 0 Å². The van der Waals surface area contributed by atoms with Gasteiger partial charge in [-0.25, -0.2) is 8.42 Å². The van der Waals surface area contributed by atoms with Crippen molar-refractivity contribution in [2.45, 2.75) is 50.5 Å². The van der Waals surface area contributed by atoms with Crippen LogP contribution >= 0.6 is 0 Å². The van der Waals surface area contributed by atoms with E-state index in [9.17, 15) is 13.2 Å². The molecule has 0 saturated carbocycles. The highest BCUT2D eigenvalue weighted by Gasteiger charge is 2.35. The van der Waals surface area contributed by atoms with Gasteiger partial charge in [-0.1, -0.05) is 0 Å². The van der Waals surface area contributed by atoms with Gasteiger partial charge in [0, 0.05) is 56.8 Å². The molecule has 0 spiro atoms. The van der Waals surface area contributed by atoms with E-state index >= 15 is 0 Å². The molecular weight excluding hydrogens is 430 g/mol. The standard InChI is InChI=1S/C23H37N3O5S/c1-23(2,3)25-12-6-11-24(15-16-25)22(27)18-9-13-26(14-10-18)32(28,29)19-7-8-20(30-4)21(17-19)31-5/h7-8,17-18H,6,9-16H2,1-5H3. The maximum absolute atomic E-state index is 13.2. The average molecular weight is 468 g/mol. The van der Waals surface area contributed by atoms with E-state index in [1.54, 1.807) is 6.07 Å². The Morgan fingerprint density at radius 3 is 2.19 bits per heavy atom. The topological polar surface area (TPSA) is 79.4 Å². The Morgan fingerprint density at radius 2 is 1.59 bits per heavy atom. The maximum atomic E-state index is 13.2. The monoisotopic (exact) mass is 467 g/mol. The molecule has 1 aromatic carbocycles. The second-order valence-corrected chi connectivity index (χ2v) is 11.5. The quantitative estimate of drug-likeness (QED) is 0.662. The van der Waals surface area contributed by atoms with Gasteiger partial charge in [0.2, 0.25) is 15.9 Å². The van der Waals surface area contributed by atoms with E-state index in [4.69, 9.17) is 9.47 Å². The van der Waals surface area contributed by atoms with E-state index in [0.717, 1.165) is 32.6 Å². The fourth-order valence-corrected chi connectivity index (χ4v) is 6.02. The molecule has 0 aromatic heterocycles. The van der Waals surface area contributed by atoms with Gasteiger partial charge in [-0.3, -0.25) is 9.69 Å². The summed E-state index contributed by atoms with van der Waals surface area (Å²) in [6.07, 6.45) is 2.06. The molecule has 9 heteroatoms. The fourth-order valence-electron chi connectivity index (χ4n) is 4.54. The van der Waals surface area contributed by atoms with Crippen LogP contribution in [0, 0.1) is 5.92 Å². The van der Waals surface area contributed by atoms with Crippen molar-refractivity contribution in [1.82, 2.24) is 14.1 Å². The molecule has 1 amide bonds. The predicted octanol–water partition coefficient (Wildman–Crippen LogP) is 2.44. The van der Waals surface area contributed by atoms with Crippen LogP contribution in [0.25, 0.3) is 0 Å². The van der Waals surface area contributed by atoms with Gasteiger partial charge in [0.15, 0.2) is 11.5 Å². The first-order valence-electron chi connectivity index (χ1n) is 11.3. The molecule has 0 bridgehead atoms. The summed E-state index contributed by atoms with van der Waals surface area (Å²) in [6, 6.07) is 4.62. The molecule has 1 aromatic rings. The summed E-state index contributed by atoms with van der Waals surface area (Å²) in [7, 11) is -0.663. The molecule has 0 atom stereocenters. The Hall–Kier alpha value is -1.84. The van der Waals surface area contributed by atoms with Crippen molar-refractivity contribution in [2.75, 3.05) is 53.5 Å². The molecular formula is C23H37N3O5S. The molecule has 3 rings (SSSR count). The fraction of sp³-hybridized carbons (Fsp3) is 0.696. The molecule has 2 heterocycles. The van der Waals surface area contributed by atoms with Crippen LogP contribution in [0.15, 0.2) is 23.1 Å². The molecule has 32 heavy (non-hydrogen) atoms. The molecule has 0 aliphatic carbocycles. The average Bonchev–Trinajstić information content (AvgIpc) is 3.04. The van der Waals surface area contributed by atoms with Crippen molar-refractivity contribution in [1.29, 1.82) is 0 Å². The number of piperidine rings is 1. The summed E-state index contributed by atoms with van der Waals surface area (Å²) >= 11 is 0. The minimum Gasteiger partial charge on any atom is -0.493 e. The molecule has 2 saturated heterocycles. The summed E-state index contributed by atoms with van der Waals surface area (Å²) in [4.78, 5) is 17.7. The van der Waals surface area contributed by atoms with Crippen LogP contribution in [0.1, 0.15) is 40.0 Å². The maximum Gasteiger partial charge on any atom is 0.243 e. The number of benzene rings is 1. The SMILES string of the molecule is COc1ccc(S(=O)(=O)N2CCC(C(=O)N3CCCN(C(C)(C)C)CC3)CC2)cc1OC. The number of carbonyl (C=O) groups excluding carboxylic acids is 1. The van der Waals surface area contributed by atoms with E-state index in [1.807, 2.05) is 4.90 Å². The first-order chi connectivity index (χ1) is 15.1. The van der Waals surface area contributed by atoms with E-state index in [1.165, 1.54) is 30.7 Å². The Morgan fingerprint density at radius 1 is 0.938 bits per heavy atom. The van der Waals surface area contributed by atoms with Gasteiger partial charge < -0.3 is 14.4 Å². The summed E-state index contributed by atoms with van der Waals surface area (Å²) in [5, 5.41) is 0. The Labute approximate surface area is 192 Å². The largest absolute Gasteiger partial charge is 0.493 e. The molecule has 2 fully saturated rings. The lowest BCUT2D eigenvalue weighted by Gasteiger charge is -2.35. The zero-order chi connectivity index (χ0) is 23.5. The minimum atomic E-state index is -3.66. The third-order valence-corrected chi connectivity index (χ3v) is 8.45. The number of carbonyl (C=O) groups is 1. The Kier molecular flexibility index (Phi) is 7.73. The Bertz CT molecular complexity index is 905. The van der Waals surface area contributed by atoms with Crippen LogP contribution in [0.4, 0.5) is 0 Å². The molecule has 0 unspecified atom stereocenters. The van der Waals surface area contributed by atoms with E-state index in [-0.39, 0.29) is 22.3 Å². The number of ether oxygens (including phenoxy) is 2. The number of methoxy groups -OCH3 is 2. The van der Waals surface area contributed by atoms with Gasteiger partial charge in [-0.15, -0.1) is 0 Å². The molecule has 8 nitrogen and oxygen atoms in total. The lowest BCUT2D eigenvalue weighted by molar-refractivity contribution is -0.136. The lowest BCUT2D eigenvalue weighted by atomic mass is 9.96. The normalized spacial score (nSPS) is 20.1. The van der Waals surface area contributed by atoms with Gasteiger partial charge in [0.05, 0.1) is 19.1 Å². The van der Waals surface area contributed by atoms with Crippen molar-refractivity contribution < 1.29 is 22.7 Å². The minimum absolute atomic E-state index is 0.100. The van der Waals surface area contributed by atoms with Crippen LogP contribution in [0.3, 0.4) is 0 Å². The van der Waals surface area contributed by atoms with E-state index < -0.39 is 10.0 Å². The molecule has 180 valence electrons. The number of nitrogens with zero attached hydrogens (tertiary/aromatic N) is 3. The van der Waals surface area contributed by atoms with Crippen molar-refractivity contribution >= 4 is 15.9 Å². The van der Waals surface area contributed by atoms with E-state index in [0.29, 0.717) is 37.4 Å². The highest BCUT2D eigenvalue weighted by Crippen LogP contribution is 2.32. The van der Waals surface area contributed by atoms with Crippen LogP contribution in [-0.2, 0) is 14.8 Å². The van der Waals surface area contributed by atoms with Crippen molar-refractivity contribution in [3.63, 3.8) is 0 Å². The molecule has 0 N–H and O–H groups in total. The highest BCUT2D eigenvalue weighted by molar-refractivity contribution is 7.89. The zero-order valence-electron chi connectivity index (χ0n) is 20.0. The summed E-state index contributed by atoms with van der Waals surface area (Å²) < 4.78 is 38.2. The predicted molar refractivity (Wildman–Crippen MR) is 124 cm³/mol. The molecule has 2 aliphatic rings. The van der Waals surface area contributed by atoms with Gasteiger partial charge in [0.25, 0.3) is 0 Å². The van der Waals surface area contributed by atoms with E-state index in [2.05, 4.69) is 25.7 Å². The number of rotatable bonds is 5. The lowest BCUT2D eigenvalue weighted by Crippen LogP contribution is -2.46.